The number of amides is 1. The van der Waals surface area contributed by atoms with Gasteiger partial charge in [0.25, 0.3) is 5.91 Å². The summed E-state index contributed by atoms with van der Waals surface area (Å²) in [5.74, 6) is 4.71. The molecule has 0 aromatic rings. The lowest BCUT2D eigenvalue weighted by atomic mass is 10.2. The highest BCUT2D eigenvalue weighted by molar-refractivity contribution is 5.79. The maximum Gasteiger partial charge on any atom is 0.262 e. The van der Waals surface area contributed by atoms with Crippen LogP contribution in [0, 0.1) is 0 Å². The van der Waals surface area contributed by atoms with Crippen molar-refractivity contribution in [1.29, 1.82) is 0 Å². The topological polar surface area (TPSA) is 82.8 Å². The Kier molecular flexibility index (Phi) is 10.3. The number of nitrogens with two attached hydrogens (primary N) is 1. The predicted molar refractivity (Wildman–Crippen MR) is 59.7 cm³/mol. The fourth-order valence-electron chi connectivity index (χ4n) is 1.13. The molecule has 16 heavy (non-hydrogen) atoms. The van der Waals surface area contributed by atoms with Crippen LogP contribution in [-0.2, 0) is 19.0 Å². The van der Waals surface area contributed by atoms with Crippen LogP contribution in [0.3, 0.4) is 0 Å². The van der Waals surface area contributed by atoms with Gasteiger partial charge in [0.1, 0.15) is 6.10 Å². The first-order valence-corrected chi connectivity index (χ1v) is 5.45. The van der Waals surface area contributed by atoms with Crippen LogP contribution < -0.4 is 11.3 Å². The molecule has 0 heterocycles. The van der Waals surface area contributed by atoms with Crippen molar-refractivity contribution in [3.05, 3.63) is 0 Å². The number of methoxy groups -OCH3 is 1. The van der Waals surface area contributed by atoms with Crippen LogP contribution in [0.5, 0.6) is 0 Å². The fraction of sp³-hybridized carbons (Fsp3) is 0.900. The van der Waals surface area contributed by atoms with E-state index < -0.39 is 6.10 Å². The lowest BCUT2D eigenvalue weighted by molar-refractivity contribution is -0.134. The SMILES string of the molecule is CCC(OCCOCCCOC)C(=O)NN. The largest absolute Gasteiger partial charge is 0.385 e. The molecule has 0 bridgehead atoms. The standard InChI is InChI=1S/C10H22N2O4/c1-3-9(10(13)12-11)16-8-7-15-6-4-5-14-2/h9H,3-8,11H2,1-2H3,(H,12,13). The molecule has 6 heteroatoms. The van der Waals surface area contributed by atoms with E-state index >= 15 is 0 Å². The Balaban J connectivity index is 3.38. The summed E-state index contributed by atoms with van der Waals surface area (Å²) in [4.78, 5) is 11.1. The molecule has 3 N–H and O–H groups in total. The minimum atomic E-state index is -0.493. The van der Waals surface area contributed by atoms with Gasteiger partial charge in [0.15, 0.2) is 0 Å². The Morgan fingerprint density at radius 2 is 2.06 bits per heavy atom. The van der Waals surface area contributed by atoms with Crippen LogP contribution in [0.2, 0.25) is 0 Å². The van der Waals surface area contributed by atoms with Crippen LogP contribution >= 0.6 is 0 Å². The zero-order valence-corrected chi connectivity index (χ0v) is 10.0. The fourth-order valence-corrected chi connectivity index (χ4v) is 1.13. The number of hydrogen-bond donors (Lipinski definition) is 2. The zero-order chi connectivity index (χ0) is 12.2. The summed E-state index contributed by atoms with van der Waals surface area (Å²) in [6.07, 6.45) is 0.955. The highest BCUT2D eigenvalue weighted by Gasteiger charge is 2.14. The van der Waals surface area contributed by atoms with E-state index in [1.165, 1.54) is 0 Å². The molecule has 0 aromatic heterocycles. The second kappa shape index (κ2) is 10.8. The Bertz CT molecular complexity index is 178. The molecular formula is C10H22N2O4. The Morgan fingerprint density at radius 1 is 1.31 bits per heavy atom. The number of carbonyl (C=O) groups is 1. The van der Waals surface area contributed by atoms with Gasteiger partial charge >= 0.3 is 0 Å². The van der Waals surface area contributed by atoms with Crippen molar-refractivity contribution in [2.45, 2.75) is 25.9 Å². The van der Waals surface area contributed by atoms with Gasteiger partial charge in [-0.05, 0) is 12.8 Å². The number of nitrogens with one attached hydrogen (secondary N) is 1. The van der Waals surface area contributed by atoms with Crippen molar-refractivity contribution in [1.82, 2.24) is 5.43 Å². The van der Waals surface area contributed by atoms with Crippen molar-refractivity contribution in [3.63, 3.8) is 0 Å². The number of ether oxygens (including phenoxy) is 3. The minimum absolute atomic E-state index is 0.304. The second-order valence-electron chi connectivity index (χ2n) is 3.23. The smallest absolute Gasteiger partial charge is 0.262 e. The maximum absolute atomic E-state index is 11.1. The molecule has 0 radical (unpaired) electrons. The third-order valence-electron chi connectivity index (χ3n) is 1.99. The molecule has 0 aromatic carbocycles. The first-order valence-electron chi connectivity index (χ1n) is 5.45. The van der Waals surface area contributed by atoms with Crippen molar-refractivity contribution < 1.29 is 19.0 Å². The average molecular weight is 234 g/mol. The molecule has 0 spiro atoms. The summed E-state index contributed by atoms with van der Waals surface area (Å²) in [7, 11) is 1.65. The first kappa shape index (κ1) is 15.3. The van der Waals surface area contributed by atoms with Gasteiger partial charge in [-0.2, -0.15) is 0 Å². The summed E-state index contributed by atoms with van der Waals surface area (Å²) >= 11 is 0. The molecule has 0 aliphatic carbocycles. The van der Waals surface area contributed by atoms with E-state index in [-0.39, 0.29) is 5.91 Å². The van der Waals surface area contributed by atoms with Gasteiger partial charge in [-0.1, -0.05) is 6.92 Å². The van der Waals surface area contributed by atoms with E-state index in [2.05, 4.69) is 5.43 Å². The van der Waals surface area contributed by atoms with Gasteiger partial charge in [0.05, 0.1) is 13.2 Å². The van der Waals surface area contributed by atoms with Crippen molar-refractivity contribution in [3.8, 4) is 0 Å². The average Bonchev–Trinajstić information content (AvgIpc) is 2.32. The van der Waals surface area contributed by atoms with Crippen molar-refractivity contribution in [2.75, 3.05) is 33.5 Å². The van der Waals surface area contributed by atoms with Crippen molar-refractivity contribution >= 4 is 5.91 Å². The molecule has 0 aliphatic heterocycles. The van der Waals surface area contributed by atoms with Gasteiger partial charge in [-0.15, -0.1) is 0 Å². The third kappa shape index (κ3) is 7.58. The van der Waals surface area contributed by atoms with Gasteiger partial charge in [0.2, 0.25) is 0 Å². The summed E-state index contributed by atoms with van der Waals surface area (Å²) < 4.78 is 15.5. The van der Waals surface area contributed by atoms with Crippen LogP contribution in [0.25, 0.3) is 0 Å². The molecule has 6 nitrogen and oxygen atoms in total. The Morgan fingerprint density at radius 3 is 2.62 bits per heavy atom. The highest BCUT2D eigenvalue weighted by atomic mass is 16.5. The second-order valence-corrected chi connectivity index (χ2v) is 3.23. The quantitative estimate of drug-likeness (QED) is 0.237. The van der Waals surface area contributed by atoms with Gasteiger partial charge < -0.3 is 14.2 Å². The molecule has 0 fully saturated rings. The van der Waals surface area contributed by atoms with E-state index in [4.69, 9.17) is 20.1 Å². The normalized spacial score (nSPS) is 12.4. The monoisotopic (exact) mass is 234 g/mol. The maximum atomic E-state index is 11.1. The molecule has 0 saturated heterocycles. The van der Waals surface area contributed by atoms with E-state index in [0.29, 0.717) is 32.8 Å². The number of hydrazine groups is 1. The predicted octanol–water partition coefficient (Wildman–Crippen LogP) is -0.175. The molecule has 0 saturated carbocycles. The van der Waals surface area contributed by atoms with E-state index in [0.717, 1.165) is 6.42 Å². The number of rotatable bonds is 10. The van der Waals surface area contributed by atoms with Gasteiger partial charge in [-0.3, -0.25) is 10.2 Å². The summed E-state index contributed by atoms with van der Waals surface area (Å²) in [6.45, 7) is 4.04. The highest BCUT2D eigenvalue weighted by Crippen LogP contribution is 1.97. The lowest BCUT2D eigenvalue weighted by Crippen LogP contribution is -2.40. The summed E-state index contributed by atoms with van der Waals surface area (Å²) in [5.41, 5.74) is 2.06. The molecule has 96 valence electrons. The number of hydrogen-bond acceptors (Lipinski definition) is 5. The molecule has 1 unspecified atom stereocenters. The molecule has 0 rings (SSSR count). The molecular weight excluding hydrogens is 212 g/mol. The third-order valence-corrected chi connectivity index (χ3v) is 1.99. The number of carbonyl (C=O) groups excluding carboxylic acids is 1. The summed E-state index contributed by atoms with van der Waals surface area (Å²) in [5, 5.41) is 0. The Hall–Kier alpha value is -0.690. The van der Waals surface area contributed by atoms with Crippen LogP contribution in [0.15, 0.2) is 0 Å². The van der Waals surface area contributed by atoms with Gasteiger partial charge in [0, 0.05) is 20.3 Å². The molecule has 0 aliphatic rings. The summed E-state index contributed by atoms with van der Waals surface area (Å²) in [6, 6.07) is 0. The van der Waals surface area contributed by atoms with E-state index in [1.54, 1.807) is 7.11 Å². The van der Waals surface area contributed by atoms with Crippen molar-refractivity contribution in [2.24, 2.45) is 5.84 Å². The van der Waals surface area contributed by atoms with E-state index in [1.807, 2.05) is 6.92 Å². The van der Waals surface area contributed by atoms with Crippen LogP contribution in [-0.4, -0.2) is 45.5 Å². The molecule has 1 amide bonds. The molecule has 1 atom stereocenters. The van der Waals surface area contributed by atoms with E-state index in [9.17, 15) is 4.79 Å². The van der Waals surface area contributed by atoms with Crippen LogP contribution in [0.4, 0.5) is 0 Å². The minimum Gasteiger partial charge on any atom is -0.385 e. The zero-order valence-electron chi connectivity index (χ0n) is 10.0. The Labute approximate surface area is 96.4 Å². The lowest BCUT2D eigenvalue weighted by Gasteiger charge is -2.14. The first-order chi connectivity index (χ1) is 7.76. The van der Waals surface area contributed by atoms with Gasteiger partial charge in [-0.25, -0.2) is 5.84 Å². The van der Waals surface area contributed by atoms with Crippen LogP contribution in [0.1, 0.15) is 19.8 Å².